The van der Waals surface area contributed by atoms with E-state index >= 15 is 0 Å². The van der Waals surface area contributed by atoms with Crippen LogP contribution in [0.15, 0.2) is 16.3 Å². The molecule has 0 saturated carbocycles. The summed E-state index contributed by atoms with van der Waals surface area (Å²) < 4.78 is 5.18. The summed E-state index contributed by atoms with van der Waals surface area (Å²) >= 11 is 5.49. The third-order valence-corrected chi connectivity index (χ3v) is 4.16. The van der Waals surface area contributed by atoms with Crippen molar-refractivity contribution in [1.29, 1.82) is 0 Å². The first-order chi connectivity index (χ1) is 9.16. The zero-order chi connectivity index (χ0) is 13.7. The molecule has 2 rings (SSSR count). The summed E-state index contributed by atoms with van der Waals surface area (Å²) in [6.07, 6.45) is 0.324. The van der Waals surface area contributed by atoms with Gasteiger partial charge in [-0.15, -0.1) is 24.0 Å². The van der Waals surface area contributed by atoms with Crippen LogP contribution in [0.3, 0.4) is 0 Å². The molecule has 5 nitrogen and oxygen atoms in total. The molecule has 19 heavy (non-hydrogen) atoms. The van der Waals surface area contributed by atoms with E-state index in [0.717, 1.165) is 4.90 Å². The van der Waals surface area contributed by atoms with Crippen molar-refractivity contribution in [2.45, 2.75) is 11.3 Å². The summed E-state index contributed by atoms with van der Waals surface area (Å²) in [6.45, 7) is 2.83. The van der Waals surface area contributed by atoms with Gasteiger partial charge < -0.3 is 15.0 Å². The molecular formula is C12H16N2O3S2. The Balaban J connectivity index is 1.71. The number of carbonyl (C=O) groups is 2. The predicted octanol–water partition coefficient (Wildman–Crippen LogP) is 1.02. The molecule has 0 aliphatic carbocycles. The van der Waals surface area contributed by atoms with Gasteiger partial charge in [0.25, 0.3) is 5.91 Å². The smallest absolute Gasteiger partial charge is 0.261 e. The fourth-order valence-electron chi connectivity index (χ4n) is 1.79. The molecule has 7 heteroatoms. The molecule has 104 valence electrons. The maximum Gasteiger partial charge on any atom is 0.261 e. The van der Waals surface area contributed by atoms with Gasteiger partial charge in [-0.05, 0) is 6.07 Å². The fraction of sp³-hybridized carbons (Fsp3) is 0.500. The van der Waals surface area contributed by atoms with Crippen molar-refractivity contribution >= 4 is 35.8 Å². The Bertz CT molecular complexity index is 456. The quantitative estimate of drug-likeness (QED) is 0.816. The normalized spacial score (nSPS) is 15.3. The van der Waals surface area contributed by atoms with Crippen LogP contribution in [-0.4, -0.2) is 49.6 Å². The van der Waals surface area contributed by atoms with Gasteiger partial charge in [0.2, 0.25) is 5.91 Å². The maximum absolute atomic E-state index is 11.8. The Labute approximate surface area is 121 Å². The van der Waals surface area contributed by atoms with Gasteiger partial charge in [-0.25, -0.2) is 0 Å². The lowest BCUT2D eigenvalue weighted by molar-refractivity contribution is -0.135. The molecule has 1 aliphatic rings. The van der Waals surface area contributed by atoms with Crippen molar-refractivity contribution in [3.05, 3.63) is 16.3 Å². The molecule has 0 atom stereocenters. The van der Waals surface area contributed by atoms with Gasteiger partial charge in [0.05, 0.1) is 18.1 Å². The van der Waals surface area contributed by atoms with E-state index in [9.17, 15) is 9.59 Å². The van der Waals surface area contributed by atoms with Crippen molar-refractivity contribution in [2.24, 2.45) is 0 Å². The number of rotatable bonds is 4. The second kappa shape index (κ2) is 6.93. The van der Waals surface area contributed by atoms with Crippen LogP contribution in [0.1, 0.15) is 16.1 Å². The maximum atomic E-state index is 11.8. The van der Waals surface area contributed by atoms with Gasteiger partial charge in [-0.2, -0.15) is 0 Å². The van der Waals surface area contributed by atoms with Crippen molar-refractivity contribution in [3.63, 3.8) is 0 Å². The van der Waals surface area contributed by atoms with Crippen LogP contribution in [0.4, 0.5) is 0 Å². The zero-order valence-corrected chi connectivity index (χ0v) is 12.1. The Kier molecular flexibility index (Phi) is 5.24. The van der Waals surface area contributed by atoms with E-state index in [-0.39, 0.29) is 11.8 Å². The van der Waals surface area contributed by atoms with Crippen LogP contribution < -0.4 is 5.32 Å². The Morgan fingerprint density at radius 1 is 1.42 bits per heavy atom. The molecular weight excluding hydrogens is 284 g/mol. The lowest BCUT2D eigenvalue weighted by Gasteiger charge is -2.26. The van der Waals surface area contributed by atoms with Crippen LogP contribution in [0, 0.1) is 0 Å². The molecule has 2 heterocycles. The summed E-state index contributed by atoms with van der Waals surface area (Å²) in [6, 6.07) is 1.72. The minimum atomic E-state index is -0.153. The van der Waals surface area contributed by atoms with Crippen molar-refractivity contribution in [3.8, 4) is 0 Å². The number of thiophene rings is 1. The largest absolute Gasteiger partial charge is 0.378 e. The Hall–Kier alpha value is -1.05. The van der Waals surface area contributed by atoms with Crippen LogP contribution in [0.5, 0.6) is 0 Å². The van der Waals surface area contributed by atoms with E-state index < -0.39 is 0 Å². The molecule has 0 bridgehead atoms. The third kappa shape index (κ3) is 4.22. The number of amides is 2. The number of nitrogens with one attached hydrogen (secondary N) is 1. The molecule has 1 N–H and O–H groups in total. The van der Waals surface area contributed by atoms with Crippen molar-refractivity contribution in [1.82, 2.24) is 10.2 Å². The number of ether oxygens (including phenoxy) is 1. The zero-order valence-electron chi connectivity index (χ0n) is 10.4. The number of hydrogen-bond acceptors (Lipinski definition) is 5. The minimum absolute atomic E-state index is 0.0599. The number of morpholine rings is 1. The van der Waals surface area contributed by atoms with Crippen molar-refractivity contribution in [2.75, 3.05) is 32.8 Å². The van der Waals surface area contributed by atoms with Crippen LogP contribution in [-0.2, 0) is 9.53 Å². The van der Waals surface area contributed by atoms with Gasteiger partial charge in [-0.3, -0.25) is 9.59 Å². The van der Waals surface area contributed by atoms with Gasteiger partial charge in [0.1, 0.15) is 0 Å². The Morgan fingerprint density at radius 2 is 2.16 bits per heavy atom. The molecule has 2 amide bonds. The summed E-state index contributed by atoms with van der Waals surface area (Å²) in [5, 5.41) is 4.54. The number of carbonyl (C=O) groups excluding carboxylic acids is 2. The summed E-state index contributed by atoms with van der Waals surface area (Å²) in [5.74, 6) is -0.0928. The van der Waals surface area contributed by atoms with Crippen LogP contribution >= 0.6 is 24.0 Å². The third-order valence-electron chi connectivity index (χ3n) is 2.80. The van der Waals surface area contributed by atoms with E-state index in [0.29, 0.717) is 44.1 Å². The first-order valence-electron chi connectivity index (χ1n) is 6.08. The molecule has 0 unspecified atom stereocenters. The van der Waals surface area contributed by atoms with Gasteiger partial charge in [-0.1, -0.05) is 0 Å². The summed E-state index contributed by atoms with van der Waals surface area (Å²) in [4.78, 5) is 26.7. The predicted molar refractivity (Wildman–Crippen MR) is 75.9 cm³/mol. The molecule has 1 fully saturated rings. The Morgan fingerprint density at radius 3 is 2.79 bits per heavy atom. The van der Waals surface area contributed by atoms with Crippen LogP contribution in [0.25, 0.3) is 0 Å². The highest BCUT2D eigenvalue weighted by molar-refractivity contribution is 7.80. The van der Waals surface area contributed by atoms with E-state index in [4.69, 9.17) is 4.74 Å². The molecule has 1 aromatic heterocycles. The fourth-order valence-corrected chi connectivity index (χ4v) is 2.85. The first kappa shape index (κ1) is 14.4. The SMILES string of the molecule is O=C(NCCC(=O)N1CCOCC1)c1cc(S)cs1. The standard InChI is InChI=1S/C12H16N2O3S2/c15-11(14-3-5-17-6-4-14)1-2-13-12(16)10-7-9(18)8-19-10/h7-8,18H,1-6H2,(H,13,16). The van der Waals surface area contributed by atoms with E-state index in [1.165, 1.54) is 11.3 Å². The van der Waals surface area contributed by atoms with E-state index in [1.54, 1.807) is 16.3 Å². The summed E-state index contributed by atoms with van der Waals surface area (Å²) in [7, 11) is 0. The minimum Gasteiger partial charge on any atom is -0.378 e. The topological polar surface area (TPSA) is 58.6 Å². The second-order valence-electron chi connectivity index (χ2n) is 4.17. The average Bonchev–Trinajstić information content (AvgIpc) is 2.86. The van der Waals surface area contributed by atoms with Crippen LogP contribution in [0.2, 0.25) is 0 Å². The first-order valence-corrected chi connectivity index (χ1v) is 7.41. The van der Waals surface area contributed by atoms with Crippen molar-refractivity contribution < 1.29 is 14.3 Å². The monoisotopic (exact) mass is 300 g/mol. The highest BCUT2D eigenvalue weighted by Gasteiger charge is 2.16. The molecule has 1 aromatic rings. The lowest BCUT2D eigenvalue weighted by atomic mass is 10.3. The van der Waals surface area contributed by atoms with Gasteiger partial charge >= 0.3 is 0 Å². The highest BCUT2D eigenvalue weighted by atomic mass is 32.1. The molecule has 1 saturated heterocycles. The number of thiol groups is 1. The lowest BCUT2D eigenvalue weighted by Crippen LogP contribution is -2.41. The molecule has 0 aromatic carbocycles. The highest BCUT2D eigenvalue weighted by Crippen LogP contribution is 2.17. The molecule has 1 aliphatic heterocycles. The number of hydrogen-bond donors (Lipinski definition) is 2. The number of nitrogens with zero attached hydrogens (tertiary/aromatic N) is 1. The van der Waals surface area contributed by atoms with Gasteiger partial charge in [0.15, 0.2) is 0 Å². The average molecular weight is 300 g/mol. The van der Waals surface area contributed by atoms with Gasteiger partial charge in [0, 0.05) is 36.3 Å². The molecule has 0 radical (unpaired) electrons. The molecule has 0 spiro atoms. The second-order valence-corrected chi connectivity index (χ2v) is 5.60. The summed E-state index contributed by atoms with van der Waals surface area (Å²) in [5.41, 5.74) is 0. The van der Waals surface area contributed by atoms with E-state index in [1.807, 2.05) is 0 Å². The van der Waals surface area contributed by atoms with E-state index in [2.05, 4.69) is 17.9 Å².